The summed E-state index contributed by atoms with van der Waals surface area (Å²) in [5.74, 6) is -0.587. The summed E-state index contributed by atoms with van der Waals surface area (Å²) in [6.07, 6.45) is 2.22. The minimum Gasteiger partial charge on any atom is -0.495 e. The van der Waals surface area contributed by atoms with Crippen LogP contribution < -0.4 is 14.8 Å². The predicted molar refractivity (Wildman–Crippen MR) is 117 cm³/mol. The average molecular weight is 449 g/mol. The Morgan fingerprint density at radius 1 is 1.16 bits per heavy atom. The molecule has 0 radical (unpaired) electrons. The Balaban J connectivity index is 1.89. The minimum absolute atomic E-state index is 0.0660. The van der Waals surface area contributed by atoms with E-state index in [4.69, 9.17) is 4.74 Å². The number of rotatable bonds is 8. The number of ether oxygens (including phenoxy) is 1. The number of halogens is 1. The monoisotopic (exact) mass is 448 g/mol. The lowest BCUT2D eigenvalue weighted by molar-refractivity contribution is 0.0926. The van der Waals surface area contributed by atoms with Gasteiger partial charge in [-0.2, -0.15) is 0 Å². The summed E-state index contributed by atoms with van der Waals surface area (Å²) in [5.41, 5.74) is 0.883. The van der Waals surface area contributed by atoms with Crippen molar-refractivity contribution < 1.29 is 22.3 Å². The van der Waals surface area contributed by atoms with Gasteiger partial charge in [0.15, 0.2) is 0 Å². The van der Waals surface area contributed by atoms with Crippen molar-refractivity contribution in [2.75, 3.05) is 7.11 Å². The van der Waals surface area contributed by atoms with Gasteiger partial charge in [-0.1, -0.05) is 32.9 Å². The van der Waals surface area contributed by atoms with Gasteiger partial charge in [0.25, 0.3) is 5.91 Å². The van der Waals surface area contributed by atoms with E-state index in [1.807, 2.05) is 0 Å². The summed E-state index contributed by atoms with van der Waals surface area (Å²) in [5, 5.41) is 2.98. The first kappa shape index (κ1) is 23.2. The van der Waals surface area contributed by atoms with Crippen molar-refractivity contribution in [1.29, 1.82) is 0 Å². The highest BCUT2D eigenvalue weighted by Crippen LogP contribution is 2.31. The van der Waals surface area contributed by atoms with Crippen molar-refractivity contribution in [1.82, 2.24) is 10.0 Å². The van der Waals surface area contributed by atoms with Crippen molar-refractivity contribution in [3.8, 4) is 5.75 Å². The molecule has 1 unspecified atom stereocenters. The predicted octanol–water partition coefficient (Wildman–Crippen LogP) is 4.18. The number of nitrogens with one attached hydrogen (secondary N) is 2. The van der Waals surface area contributed by atoms with Gasteiger partial charge in [-0.3, -0.25) is 4.79 Å². The number of methoxy groups -OCH3 is 1. The van der Waals surface area contributed by atoms with E-state index in [2.05, 4.69) is 30.8 Å². The molecule has 0 spiro atoms. The first-order valence-corrected chi connectivity index (χ1v) is 11.7. The third kappa shape index (κ3) is 6.27. The molecule has 2 N–H and O–H groups in total. The van der Waals surface area contributed by atoms with Crippen molar-refractivity contribution in [2.45, 2.75) is 57.0 Å². The third-order valence-electron chi connectivity index (χ3n) is 5.01. The molecule has 1 fully saturated rings. The zero-order chi connectivity index (χ0) is 22.8. The molecular formula is C23H29FN2O4S. The van der Waals surface area contributed by atoms with Gasteiger partial charge in [0.1, 0.15) is 16.5 Å². The number of benzene rings is 2. The average Bonchev–Trinajstić information content (AvgIpc) is 3.49. The molecule has 1 amide bonds. The van der Waals surface area contributed by atoms with E-state index in [1.165, 1.54) is 37.4 Å². The molecule has 0 bridgehead atoms. The summed E-state index contributed by atoms with van der Waals surface area (Å²) in [6, 6.07) is 9.93. The summed E-state index contributed by atoms with van der Waals surface area (Å²) in [7, 11) is -2.42. The van der Waals surface area contributed by atoms with Crippen LogP contribution in [0.5, 0.6) is 5.75 Å². The zero-order valence-corrected chi connectivity index (χ0v) is 19.1. The number of carbonyl (C=O) groups is 1. The molecule has 0 aliphatic heterocycles. The van der Waals surface area contributed by atoms with Crippen LogP contribution in [0.4, 0.5) is 4.39 Å². The fourth-order valence-corrected chi connectivity index (χ4v) is 4.81. The number of carbonyl (C=O) groups excluding carboxylic acids is 1. The van der Waals surface area contributed by atoms with Gasteiger partial charge in [-0.05, 0) is 60.6 Å². The normalized spacial score (nSPS) is 15.4. The Morgan fingerprint density at radius 3 is 2.35 bits per heavy atom. The van der Waals surface area contributed by atoms with Gasteiger partial charge in [0, 0.05) is 11.6 Å². The van der Waals surface area contributed by atoms with Gasteiger partial charge in [-0.25, -0.2) is 17.5 Å². The molecular weight excluding hydrogens is 419 g/mol. The van der Waals surface area contributed by atoms with Crippen LogP contribution >= 0.6 is 0 Å². The van der Waals surface area contributed by atoms with E-state index < -0.39 is 15.9 Å². The third-order valence-corrected chi connectivity index (χ3v) is 6.55. The smallest absolute Gasteiger partial charge is 0.251 e. The number of hydrogen-bond acceptors (Lipinski definition) is 4. The maximum absolute atomic E-state index is 13.4. The number of amides is 1. The highest BCUT2D eigenvalue weighted by Gasteiger charge is 2.31. The van der Waals surface area contributed by atoms with E-state index in [0.29, 0.717) is 6.42 Å². The van der Waals surface area contributed by atoms with E-state index in [-0.39, 0.29) is 39.5 Å². The van der Waals surface area contributed by atoms with Crippen LogP contribution in [-0.2, 0) is 10.0 Å². The van der Waals surface area contributed by atoms with E-state index in [9.17, 15) is 17.6 Å². The van der Waals surface area contributed by atoms with E-state index in [1.54, 1.807) is 12.1 Å². The standard InChI is InChI=1S/C23H29FN2O4S/c1-23(2,3)14-19(15-5-8-17(24)9-6-15)25-22(27)16-7-12-20(30-4)21(13-16)31(28,29)26-18-10-11-18/h5-9,12-13,18-19,26H,10-11,14H2,1-4H3,(H,25,27). The Morgan fingerprint density at radius 2 is 1.81 bits per heavy atom. The summed E-state index contributed by atoms with van der Waals surface area (Å²) >= 11 is 0. The molecule has 168 valence electrons. The van der Waals surface area contributed by atoms with Gasteiger partial charge in [0.2, 0.25) is 10.0 Å². The largest absolute Gasteiger partial charge is 0.495 e. The van der Waals surface area contributed by atoms with Crippen molar-refractivity contribution in [3.05, 3.63) is 59.4 Å². The van der Waals surface area contributed by atoms with Gasteiger partial charge in [-0.15, -0.1) is 0 Å². The molecule has 1 aliphatic carbocycles. The fraction of sp³-hybridized carbons (Fsp3) is 0.435. The quantitative estimate of drug-likeness (QED) is 0.634. The molecule has 3 rings (SSSR count). The van der Waals surface area contributed by atoms with Gasteiger partial charge < -0.3 is 10.1 Å². The van der Waals surface area contributed by atoms with E-state index in [0.717, 1.165) is 18.4 Å². The fourth-order valence-electron chi connectivity index (χ4n) is 3.31. The molecule has 0 heterocycles. The summed E-state index contributed by atoms with van der Waals surface area (Å²) in [6.45, 7) is 6.16. The Bertz CT molecular complexity index is 1040. The zero-order valence-electron chi connectivity index (χ0n) is 18.2. The molecule has 1 aliphatic rings. The second-order valence-electron chi connectivity index (χ2n) is 9.10. The molecule has 2 aromatic carbocycles. The van der Waals surface area contributed by atoms with Crippen molar-refractivity contribution >= 4 is 15.9 Å². The van der Waals surface area contributed by atoms with Gasteiger partial charge >= 0.3 is 0 Å². The Labute approximate surface area is 183 Å². The summed E-state index contributed by atoms with van der Waals surface area (Å²) < 4.78 is 46.7. The maximum atomic E-state index is 13.4. The minimum atomic E-state index is -3.81. The molecule has 0 saturated heterocycles. The molecule has 1 saturated carbocycles. The lowest BCUT2D eigenvalue weighted by atomic mass is 9.85. The number of hydrogen-bond donors (Lipinski definition) is 2. The molecule has 1 atom stereocenters. The van der Waals surface area contributed by atoms with Crippen LogP contribution in [0.15, 0.2) is 47.4 Å². The maximum Gasteiger partial charge on any atom is 0.251 e. The second-order valence-corrected chi connectivity index (χ2v) is 10.8. The second kappa shape index (κ2) is 8.96. The number of sulfonamides is 1. The lowest BCUT2D eigenvalue weighted by Gasteiger charge is -2.27. The van der Waals surface area contributed by atoms with E-state index >= 15 is 0 Å². The SMILES string of the molecule is COc1ccc(C(=O)NC(CC(C)(C)C)c2ccc(F)cc2)cc1S(=O)(=O)NC1CC1. The Kier molecular flexibility index (Phi) is 6.71. The Hall–Kier alpha value is -2.45. The van der Waals surface area contributed by atoms with Crippen LogP contribution in [0.3, 0.4) is 0 Å². The highest BCUT2D eigenvalue weighted by atomic mass is 32.2. The van der Waals surface area contributed by atoms with Crippen LogP contribution in [0.25, 0.3) is 0 Å². The highest BCUT2D eigenvalue weighted by molar-refractivity contribution is 7.89. The molecule has 6 nitrogen and oxygen atoms in total. The molecule has 0 aromatic heterocycles. The van der Waals surface area contributed by atoms with Crippen LogP contribution in [-0.4, -0.2) is 27.5 Å². The topological polar surface area (TPSA) is 84.5 Å². The van der Waals surface area contributed by atoms with Crippen molar-refractivity contribution in [3.63, 3.8) is 0 Å². The van der Waals surface area contributed by atoms with Gasteiger partial charge in [0.05, 0.1) is 13.2 Å². The first-order chi connectivity index (χ1) is 14.5. The molecule has 31 heavy (non-hydrogen) atoms. The van der Waals surface area contributed by atoms with Crippen LogP contribution in [0, 0.1) is 11.2 Å². The first-order valence-electron chi connectivity index (χ1n) is 10.3. The molecule has 8 heteroatoms. The molecule has 2 aromatic rings. The lowest BCUT2D eigenvalue weighted by Crippen LogP contribution is -2.32. The van der Waals surface area contributed by atoms with Crippen LogP contribution in [0.2, 0.25) is 0 Å². The van der Waals surface area contributed by atoms with Crippen LogP contribution in [0.1, 0.15) is 62.0 Å². The summed E-state index contributed by atoms with van der Waals surface area (Å²) in [4.78, 5) is 13.0. The van der Waals surface area contributed by atoms with Crippen molar-refractivity contribution in [2.24, 2.45) is 5.41 Å².